The lowest BCUT2D eigenvalue weighted by Gasteiger charge is -2.43. The molecule has 6 atom stereocenters. The van der Waals surface area contributed by atoms with Gasteiger partial charge in [-0.2, -0.15) is 0 Å². The van der Waals surface area contributed by atoms with Crippen LogP contribution in [0.3, 0.4) is 0 Å². The first-order valence-corrected chi connectivity index (χ1v) is 10.4. The first kappa shape index (κ1) is 23.0. The summed E-state index contributed by atoms with van der Waals surface area (Å²) in [4.78, 5) is 12.6. The standard InChI is InChI=1S/C22H28O10/c1-9-5-11(24)16-13(29-9)7-12-10(20(16)28-4)6-15(30-12)22(2,3)32-21-19(27)18(26)17(25)14(8-23)31-21/h5,7,14-15,17-19,21,23,25-27H,6,8H2,1-4H3/t14-,15-,17+,18-,19-,21-/m0/s1. The molecule has 10 nitrogen and oxygen atoms in total. The van der Waals surface area contributed by atoms with Gasteiger partial charge >= 0.3 is 0 Å². The zero-order valence-corrected chi connectivity index (χ0v) is 18.3. The molecular formula is C22H28O10. The van der Waals surface area contributed by atoms with E-state index in [9.17, 15) is 25.2 Å². The van der Waals surface area contributed by atoms with E-state index in [0.29, 0.717) is 40.2 Å². The van der Waals surface area contributed by atoms with Crippen LogP contribution < -0.4 is 14.9 Å². The van der Waals surface area contributed by atoms with Crippen LogP contribution in [-0.2, 0) is 15.9 Å². The van der Waals surface area contributed by atoms with Gasteiger partial charge in [0, 0.05) is 24.1 Å². The summed E-state index contributed by atoms with van der Waals surface area (Å²) in [7, 11) is 1.47. The van der Waals surface area contributed by atoms with Gasteiger partial charge in [0.05, 0.1) is 13.7 Å². The van der Waals surface area contributed by atoms with Crippen molar-refractivity contribution in [3.8, 4) is 11.5 Å². The minimum absolute atomic E-state index is 0.219. The molecule has 4 N–H and O–H groups in total. The molecule has 1 fully saturated rings. The first-order chi connectivity index (χ1) is 15.1. The van der Waals surface area contributed by atoms with Crippen LogP contribution in [0.1, 0.15) is 25.2 Å². The van der Waals surface area contributed by atoms with Gasteiger partial charge < -0.3 is 43.8 Å². The van der Waals surface area contributed by atoms with Gasteiger partial charge in [-0.1, -0.05) is 0 Å². The Hall–Kier alpha value is -2.21. The third-order valence-corrected chi connectivity index (χ3v) is 6.07. The fraction of sp³-hybridized carbons (Fsp3) is 0.591. The lowest BCUT2D eigenvalue weighted by Crippen LogP contribution is -2.61. The smallest absolute Gasteiger partial charge is 0.196 e. The molecule has 0 amide bonds. The molecule has 1 aromatic carbocycles. The van der Waals surface area contributed by atoms with Crippen molar-refractivity contribution >= 4 is 11.0 Å². The Labute approximate surface area is 183 Å². The van der Waals surface area contributed by atoms with Gasteiger partial charge in [0.1, 0.15) is 64.3 Å². The van der Waals surface area contributed by atoms with Crippen LogP contribution in [0.5, 0.6) is 11.5 Å². The molecule has 0 bridgehead atoms. The number of aliphatic hydroxyl groups is 4. The van der Waals surface area contributed by atoms with Crippen LogP contribution in [0.25, 0.3) is 11.0 Å². The Morgan fingerprint density at radius 1 is 1.16 bits per heavy atom. The number of benzene rings is 1. The lowest BCUT2D eigenvalue weighted by molar-refractivity contribution is -0.329. The molecule has 0 aliphatic carbocycles. The molecule has 176 valence electrons. The van der Waals surface area contributed by atoms with E-state index in [-0.39, 0.29) is 5.43 Å². The van der Waals surface area contributed by atoms with Crippen molar-refractivity contribution in [3.05, 3.63) is 33.7 Å². The summed E-state index contributed by atoms with van der Waals surface area (Å²) >= 11 is 0. The summed E-state index contributed by atoms with van der Waals surface area (Å²) in [5, 5.41) is 40.1. The summed E-state index contributed by atoms with van der Waals surface area (Å²) in [5.74, 6) is 1.32. The number of ether oxygens (including phenoxy) is 4. The van der Waals surface area contributed by atoms with Gasteiger partial charge in [0.25, 0.3) is 0 Å². The van der Waals surface area contributed by atoms with E-state index >= 15 is 0 Å². The highest BCUT2D eigenvalue weighted by atomic mass is 16.7. The molecule has 4 rings (SSSR count). The Morgan fingerprint density at radius 2 is 1.88 bits per heavy atom. The maximum absolute atomic E-state index is 12.6. The third kappa shape index (κ3) is 3.76. The topological polar surface area (TPSA) is 148 Å². The number of fused-ring (bicyclic) bond motifs is 2. The van der Waals surface area contributed by atoms with E-state index in [0.717, 1.165) is 0 Å². The molecule has 10 heteroatoms. The maximum atomic E-state index is 12.6. The highest BCUT2D eigenvalue weighted by Crippen LogP contribution is 2.44. The Bertz CT molecular complexity index is 1060. The molecular weight excluding hydrogens is 424 g/mol. The molecule has 0 radical (unpaired) electrons. The van der Waals surface area contributed by atoms with Crippen molar-refractivity contribution in [2.45, 2.75) is 69.6 Å². The van der Waals surface area contributed by atoms with Crippen LogP contribution >= 0.6 is 0 Å². The SMILES string of the molecule is COc1c2c(cc3oc(C)cc(=O)c13)O[C@H](C(C)(C)O[C@@H]1O[C@@H](CO)[C@@H](O)[C@H](O)[C@@H]1O)C2. The molecule has 0 saturated carbocycles. The molecule has 2 aliphatic heterocycles. The normalized spacial score (nSPS) is 30.2. The van der Waals surface area contributed by atoms with Crippen LogP contribution in [0, 0.1) is 6.92 Å². The molecule has 1 saturated heterocycles. The molecule has 1 aromatic heterocycles. The van der Waals surface area contributed by atoms with E-state index < -0.39 is 49.0 Å². The van der Waals surface area contributed by atoms with Crippen LogP contribution in [0.15, 0.2) is 21.3 Å². The van der Waals surface area contributed by atoms with Crippen LogP contribution in [-0.4, -0.2) is 76.6 Å². The van der Waals surface area contributed by atoms with E-state index in [1.54, 1.807) is 26.8 Å². The fourth-order valence-corrected chi connectivity index (χ4v) is 4.26. The zero-order chi connectivity index (χ0) is 23.4. The Kier molecular flexibility index (Phi) is 5.95. The van der Waals surface area contributed by atoms with Crippen molar-refractivity contribution in [1.82, 2.24) is 0 Å². The molecule has 32 heavy (non-hydrogen) atoms. The molecule has 2 aliphatic rings. The van der Waals surface area contributed by atoms with E-state index in [1.807, 2.05) is 0 Å². The van der Waals surface area contributed by atoms with Crippen molar-refractivity contribution in [2.24, 2.45) is 0 Å². The maximum Gasteiger partial charge on any atom is 0.196 e. The van der Waals surface area contributed by atoms with E-state index in [4.69, 9.17) is 23.4 Å². The van der Waals surface area contributed by atoms with Gasteiger partial charge in [0.15, 0.2) is 11.7 Å². The first-order valence-electron chi connectivity index (χ1n) is 10.4. The average molecular weight is 452 g/mol. The molecule has 2 aromatic rings. The number of hydrogen-bond donors (Lipinski definition) is 4. The Balaban J connectivity index is 1.62. The second-order valence-corrected chi connectivity index (χ2v) is 8.71. The second-order valence-electron chi connectivity index (χ2n) is 8.71. The molecule has 3 heterocycles. The molecule has 0 unspecified atom stereocenters. The zero-order valence-electron chi connectivity index (χ0n) is 18.3. The second kappa shape index (κ2) is 8.29. The molecule has 0 spiro atoms. The predicted octanol–water partition coefficient (Wildman–Crippen LogP) is 0.00862. The van der Waals surface area contributed by atoms with Gasteiger partial charge in [-0.3, -0.25) is 4.79 Å². The minimum Gasteiger partial charge on any atom is -0.495 e. The predicted molar refractivity (Wildman–Crippen MR) is 111 cm³/mol. The van der Waals surface area contributed by atoms with Crippen LogP contribution in [0.4, 0.5) is 0 Å². The van der Waals surface area contributed by atoms with Gasteiger partial charge in [-0.15, -0.1) is 0 Å². The number of aryl methyl sites for hydroxylation is 1. The lowest BCUT2D eigenvalue weighted by atomic mass is 9.94. The van der Waals surface area contributed by atoms with Crippen LogP contribution in [0.2, 0.25) is 0 Å². The van der Waals surface area contributed by atoms with E-state index in [2.05, 4.69) is 0 Å². The number of methoxy groups -OCH3 is 1. The van der Waals surface area contributed by atoms with E-state index in [1.165, 1.54) is 13.2 Å². The highest BCUT2D eigenvalue weighted by molar-refractivity contribution is 5.87. The number of hydrogen-bond acceptors (Lipinski definition) is 10. The van der Waals surface area contributed by atoms with Crippen molar-refractivity contribution in [2.75, 3.05) is 13.7 Å². The number of aliphatic hydroxyl groups excluding tert-OH is 4. The summed E-state index contributed by atoms with van der Waals surface area (Å²) < 4.78 is 28.8. The van der Waals surface area contributed by atoms with Gasteiger partial charge in [-0.25, -0.2) is 0 Å². The van der Waals surface area contributed by atoms with Gasteiger partial charge in [0.2, 0.25) is 0 Å². The quantitative estimate of drug-likeness (QED) is 0.489. The monoisotopic (exact) mass is 452 g/mol. The summed E-state index contributed by atoms with van der Waals surface area (Å²) in [6.45, 7) is 4.58. The minimum atomic E-state index is -1.55. The fourth-order valence-electron chi connectivity index (χ4n) is 4.26. The van der Waals surface area contributed by atoms with Gasteiger partial charge in [-0.05, 0) is 20.8 Å². The third-order valence-electron chi connectivity index (χ3n) is 6.07. The summed E-state index contributed by atoms with van der Waals surface area (Å²) in [6, 6.07) is 3.04. The van der Waals surface area contributed by atoms with Crippen molar-refractivity contribution in [3.63, 3.8) is 0 Å². The summed E-state index contributed by atoms with van der Waals surface area (Å²) in [5.41, 5.74) is -0.230. The highest BCUT2D eigenvalue weighted by Gasteiger charge is 2.48. The van der Waals surface area contributed by atoms with Crippen molar-refractivity contribution in [1.29, 1.82) is 0 Å². The Morgan fingerprint density at radius 3 is 2.53 bits per heavy atom. The van der Waals surface area contributed by atoms with Crippen molar-refractivity contribution < 1.29 is 43.8 Å². The largest absolute Gasteiger partial charge is 0.495 e. The summed E-state index contributed by atoms with van der Waals surface area (Å²) in [6.07, 6.45) is -7.17. The average Bonchev–Trinajstić information content (AvgIpc) is 3.17. The number of rotatable bonds is 5.